The summed E-state index contributed by atoms with van der Waals surface area (Å²) in [5.41, 5.74) is 0.997. The van der Waals surface area contributed by atoms with Gasteiger partial charge in [0.15, 0.2) is 0 Å². The summed E-state index contributed by atoms with van der Waals surface area (Å²) in [7, 11) is 0. The van der Waals surface area contributed by atoms with Crippen LogP contribution >= 0.6 is 0 Å². The second-order valence-electron chi connectivity index (χ2n) is 6.72. The molecule has 0 saturated heterocycles. The third-order valence-corrected chi connectivity index (χ3v) is 3.89. The van der Waals surface area contributed by atoms with Gasteiger partial charge >= 0.3 is 0 Å². The molecule has 0 aromatic heterocycles. The largest absolute Gasteiger partial charge is 0.508 e. The summed E-state index contributed by atoms with van der Waals surface area (Å²) < 4.78 is 5.83. The zero-order valence-corrected chi connectivity index (χ0v) is 14.4. The number of aromatic hydroxyl groups is 2. The molecule has 0 aliphatic heterocycles. The van der Waals surface area contributed by atoms with Gasteiger partial charge in [0.2, 0.25) is 0 Å². The van der Waals surface area contributed by atoms with E-state index in [1.54, 1.807) is 25.1 Å². The van der Waals surface area contributed by atoms with E-state index in [1.807, 2.05) is 6.92 Å². The molecule has 0 unspecified atom stereocenters. The second-order valence-corrected chi connectivity index (χ2v) is 6.72. The predicted molar refractivity (Wildman–Crippen MR) is 91.8 cm³/mol. The van der Waals surface area contributed by atoms with E-state index in [4.69, 9.17) is 4.74 Å². The molecule has 0 aliphatic carbocycles. The lowest BCUT2D eigenvalue weighted by Gasteiger charge is -2.26. The highest BCUT2D eigenvalue weighted by Gasteiger charge is 2.26. The summed E-state index contributed by atoms with van der Waals surface area (Å²) in [4.78, 5) is 0. The number of rotatable bonds is 5. The average Bonchev–Trinajstić information content (AvgIpc) is 2.40. The Balaban J connectivity index is 2.41. The van der Waals surface area contributed by atoms with Crippen LogP contribution in [0.2, 0.25) is 0 Å². The molecular formula is C19H24O5. The van der Waals surface area contributed by atoms with Crippen molar-refractivity contribution in [2.75, 3.05) is 0 Å². The Labute approximate surface area is 141 Å². The molecule has 0 radical (unpaired) electrons. The minimum Gasteiger partial charge on any atom is -0.508 e. The Morgan fingerprint density at radius 2 is 1.62 bits per heavy atom. The van der Waals surface area contributed by atoms with E-state index >= 15 is 0 Å². The van der Waals surface area contributed by atoms with Crippen molar-refractivity contribution in [2.24, 2.45) is 0 Å². The number of aryl methyl sites for hydroxylation is 2. The van der Waals surface area contributed by atoms with Crippen LogP contribution in [0.4, 0.5) is 0 Å². The number of phenolic OH excluding ortho intramolecular Hbond substituents is 2. The van der Waals surface area contributed by atoms with Gasteiger partial charge in [-0.2, -0.15) is 0 Å². The van der Waals surface area contributed by atoms with Crippen molar-refractivity contribution in [3.05, 3.63) is 47.0 Å². The predicted octanol–water partition coefficient (Wildman–Crippen LogP) is 3.18. The van der Waals surface area contributed by atoms with Crippen LogP contribution in [0, 0.1) is 13.8 Å². The molecule has 0 saturated carbocycles. The zero-order chi connectivity index (χ0) is 18.1. The van der Waals surface area contributed by atoms with Gasteiger partial charge in [0, 0.05) is 24.1 Å². The van der Waals surface area contributed by atoms with E-state index in [-0.39, 0.29) is 17.9 Å². The third-order valence-electron chi connectivity index (χ3n) is 3.89. The van der Waals surface area contributed by atoms with E-state index < -0.39 is 11.7 Å². The van der Waals surface area contributed by atoms with Crippen LogP contribution in [-0.4, -0.2) is 32.1 Å². The van der Waals surface area contributed by atoms with Crippen molar-refractivity contribution < 1.29 is 25.2 Å². The monoisotopic (exact) mass is 332 g/mol. The molecular weight excluding hydrogens is 308 g/mol. The molecule has 0 heterocycles. The van der Waals surface area contributed by atoms with Crippen LogP contribution in [0.5, 0.6) is 23.0 Å². The molecule has 2 rings (SSSR count). The number of hydrogen-bond donors (Lipinski definition) is 4. The van der Waals surface area contributed by atoms with Gasteiger partial charge in [-0.1, -0.05) is 0 Å². The van der Waals surface area contributed by atoms with Crippen LogP contribution in [0.1, 0.15) is 30.5 Å². The van der Waals surface area contributed by atoms with Crippen molar-refractivity contribution >= 4 is 0 Å². The topological polar surface area (TPSA) is 90.2 Å². The number of ether oxygens (including phenoxy) is 1. The molecule has 2 aromatic carbocycles. The van der Waals surface area contributed by atoms with Crippen LogP contribution in [0.25, 0.3) is 0 Å². The average molecular weight is 332 g/mol. The van der Waals surface area contributed by atoms with E-state index in [1.165, 1.54) is 26.0 Å². The lowest BCUT2D eigenvalue weighted by atomic mass is 9.92. The van der Waals surface area contributed by atoms with E-state index in [9.17, 15) is 20.4 Å². The molecule has 0 fully saturated rings. The number of aliphatic hydroxyl groups is 2. The summed E-state index contributed by atoms with van der Waals surface area (Å²) in [5, 5.41) is 39.7. The van der Waals surface area contributed by atoms with E-state index in [0.29, 0.717) is 17.1 Å². The molecule has 5 nitrogen and oxygen atoms in total. The number of aliphatic hydroxyl groups excluding tert-OH is 1. The Morgan fingerprint density at radius 3 is 2.21 bits per heavy atom. The van der Waals surface area contributed by atoms with Gasteiger partial charge in [-0.05, 0) is 57.0 Å². The first-order valence-corrected chi connectivity index (χ1v) is 7.77. The van der Waals surface area contributed by atoms with Gasteiger partial charge in [0.1, 0.15) is 23.0 Å². The SMILES string of the molecule is Cc1cc(O)cc(Oc2cc(O)cc(C)c2C[C@H](O)C(C)(C)O)c1. The molecule has 1 atom stereocenters. The first-order valence-electron chi connectivity index (χ1n) is 7.77. The molecule has 24 heavy (non-hydrogen) atoms. The Kier molecular flexibility index (Phi) is 5.06. The van der Waals surface area contributed by atoms with Crippen LogP contribution in [-0.2, 0) is 6.42 Å². The molecule has 130 valence electrons. The zero-order valence-electron chi connectivity index (χ0n) is 14.4. The maximum absolute atomic E-state index is 10.2. The van der Waals surface area contributed by atoms with Gasteiger partial charge in [-0.3, -0.25) is 0 Å². The maximum atomic E-state index is 10.2. The fourth-order valence-electron chi connectivity index (χ4n) is 2.48. The highest BCUT2D eigenvalue weighted by molar-refractivity contribution is 5.49. The van der Waals surface area contributed by atoms with Crippen molar-refractivity contribution in [2.45, 2.75) is 45.8 Å². The maximum Gasteiger partial charge on any atom is 0.134 e. The summed E-state index contributed by atoms with van der Waals surface area (Å²) in [6.07, 6.45) is -0.822. The first-order chi connectivity index (χ1) is 11.1. The summed E-state index contributed by atoms with van der Waals surface area (Å²) in [6, 6.07) is 7.88. The first kappa shape index (κ1) is 18.1. The highest BCUT2D eigenvalue weighted by atomic mass is 16.5. The fraction of sp³-hybridized carbons (Fsp3) is 0.368. The van der Waals surface area contributed by atoms with Gasteiger partial charge in [0.25, 0.3) is 0 Å². The molecule has 0 aliphatic rings. The second kappa shape index (κ2) is 6.71. The Bertz CT molecular complexity index is 711. The normalized spacial score (nSPS) is 12.9. The lowest BCUT2D eigenvalue weighted by Crippen LogP contribution is -2.37. The van der Waals surface area contributed by atoms with Crippen LogP contribution in [0.3, 0.4) is 0 Å². The van der Waals surface area contributed by atoms with Gasteiger partial charge in [-0.15, -0.1) is 0 Å². The summed E-state index contributed by atoms with van der Waals surface area (Å²) in [6.45, 7) is 6.70. The molecule has 0 spiro atoms. The van der Waals surface area contributed by atoms with Crippen molar-refractivity contribution in [3.63, 3.8) is 0 Å². The van der Waals surface area contributed by atoms with Gasteiger partial charge in [0.05, 0.1) is 11.7 Å². The quantitative estimate of drug-likeness (QED) is 0.675. The minimum absolute atomic E-state index is 0.0425. The highest BCUT2D eigenvalue weighted by Crippen LogP contribution is 2.35. The van der Waals surface area contributed by atoms with E-state index in [2.05, 4.69) is 0 Å². The summed E-state index contributed by atoms with van der Waals surface area (Å²) in [5.74, 6) is 0.929. The molecule has 5 heteroatoms. The van der Waals surface area contributed by atoms with Crippen molar-refractivity contribution in [1.29, 1.82) is 0 Å². The van der Waals surface area contributed by atoms with Crippen LogP contribution < -0.4 is 4.74 Å². The molecule has 0 amide bonds. The Morgan fingerprint density at radius 1 is 1.00 bits per heavy atom. The van der Waals surface area contributed by atoms with Gasteiger partial charge < -0.3 is 25.2 Å². The number of benzene rings is 2. The fourth-order valence-corrected chi connectivity index (χ4v) is 2.48. The van der Waals surface area contributed by atoms with E-state index in [0.717, 1.165) is 11.1 Å². The number of hydrogen-bond acceptors (Lipinski definition) is 5. The smallest absolute Gasteiger partial charge is 0.134 e. The standard InChI is InChI=1S/C19H24O5/c1-11-5-13(20)8-15(6-11)24-17-9-14(21)7-12(2)16(17)10-18(22)19(3,4)23/h5-9,18,20-23H,10H2,1-4H3/t18-/m0/s1. The minimum atomic E-state index is -1.26. The van der Waals surface area contributed by atoms with Crippen molar-refractivity contribution in [1.82, 2.24) is 0 Å². The molecule has 2 aromatic rings. The third kappa shape index (κ3) is 4.40. The molecule has 4 N–H and O–H groups in total. The van der Waals surface area contributed by atoms with Crippen molar-refractivity contribution in [3.8, 4) is 23.0 Å². The number of phenols is 2. The summed E-state index contributed by atoms with van der Waals surface area (Å²) >= 11 is 0. The van der Waals surface area contributed by atoms with Crippen LogP contribution in [0.15, 0.2) is 30.3 Å². The Hall–Kier alpha value is -2.24. The lowest BCUT2D eigenvalue weighted by molar-refractivity contribution is -0.0471. The van der Waals surface area contributed by atoms with Gasteiger partial charge in [-0.25, -0.2) is 0 Å². The molecule has 0 bridgehead atoms.